The Balaban J connectivity index is 2.47. The highest BCUT2D eigenvalue weighted by atomic mass is 19.1. The molecule has 3 nitrogen and oxygen atoms in total. The third-order valence-corrected chi connectivity index (χ3v) is 1.98. The van der Waals surface area contributed by atoms with Gasteiger partial charge in [-0.15, -0.1) is 0 Å². The zero-order valence-electron chi connectivity index (χ0n) is 8.07. The molecule has 0 saturated carbocycles. The number of carbonyl (C=O) groups excluding carboxylic acids is 1. The second-order valence-corrected chi connectivity index (χ2v) is 3.20. The quantitative estimate of drug-likeness (QED) is 0.754. The van der Waals surface area contributed by atoms with Gasteiger partial charge in [-0.05, 0) is 18.1 Å². The minimum Gasteiger partial charge on any atom is -0.481 e. The standard InChI is InChI=1S/C11H11FO3/c12-10-4-2-1-3-8(10)5-6-9(13)7-11(14)15/h1-4H,5-7H2,(H,14,15). The third kappa shape index (κ3) is 3.89. The number of halogens is 1. The van der Waals surface area contributed by atoms with Crippen LogP contribution in [0.2, 0.25) is 0 Å². The first-order chi connectivity index (χ1) is 7.09. The van der Waals surface area contributed by atoms with E-state index in [0.717, 1.165) is 0 Å². The fourth-order valence-corrected chi connectivity index (χ4v) is 1.23. The van der Waals surface area contributed by atoms with Gasteiger partial charge in [0.25, 0.3) is 0 Å². The summed E-state index contributed by atoms with van der Waals surface area (Å²) in [4.78, 5) is 21.2. The van der Waals surface area contributed by atoms with Crippen LogP contribution in [-0.4, -0.2) is 16.9 Å². The second kappa shape index (κ2) is 5.24. The molecule has 0 aromatic heterocycles. The number of Topliss-reactive ketones (excluding diaryl/α,β-unsaturated/α-hetero) is 1. The van der Waals surface area contributed by atoms with Crippen LogP contribution in [0, 0.1) is 5.82 Å². The molecule has 0 aliphatic heterocycles. The molecule has 1 rings (SSSR count). The molecule has 0 aliphatic rings. The number of aliphatic carboxylic acids is 1. The first-order valence-electron chi connectivity index (χ1n) is 4.56. The monoisotopic (exact) mass is 210 g/mol. The zero-order valence-corrected chi connectivity index (χ0v) is 8.07. The van der Waals surface area contributed by atoms with Crippen LogP contribution in [0.5, 0.6) is 0 Å². The van der Waals surface area contributed by atoms with Gasteiger partial charge in [0.05, 0.1) is 0 Å². The maximum absolute atomic E-state index is 13.1. The second-order valence-electron chi connectivity index (χ2n) is 3.20. The van der Waals surface area contributed by atoms with Crippen LogP contribution in [-0.2, 0) is 16.0 Å². The van der Waals surface area contributed by atoms with E-state index in [1.54, 1.807) is 18.2 Å². The minimum atomic E-state index is -1.14. The number of aryl methyl sites for hydroxylation is 1. The Bertz CT molecular complexity index is 374. The number of carboxylic acids is 1. The van der Waals surface area contributed by atoms with E-state index in [2.05, 4.69) is 0 Å². The molecule has 0 fully saturated rings. The van der Waals surface area contributed by atoms with E-state index in [9.17, 15) is 14.0 Å². The van der Waals surface area contributed by atoms with Crippen molar-refractivity contribution in [2.75, 3.05) is 0 Å². The summed E-state index contributed by atoms with van der Waals surface area (Å²) in [5, 5.41) is 8.34. The lowest BCUT2D eigenvalue weighted by atomic mass is 10.1. The van der Waals surface area contributed by atoms with Crippen LogP contribution in [0.4, 0.5) is 4.39 Å². The third-order valence-electron chi connectivity index (χ3n) is 1.98. The van der Waals surface area contributed by atoms with Gasteiger partial charge in [-0.1, -0.05) is 18.2 Å². The predicted octanol–water partition coefficient (Wildman–Crippen LogP) is 1.80. The van der Waals surface area contributed by atoms with Crippen molar-refractivity contribution in [2.45, 2.75) is 19.3 Å². The van der Waals surface area contributed by atoms with Crippen molar-refractivity contribution in [1.82, 2.24) is 0 Å². The maximum Gasteiger partial charge on any atom is 0.310 e. The topological polar surface area (TPSA) is 54.4 Å². The summed E-state index contributed by atoms with van der Waals surface area (Å²) in [5.74, 6) is -1.89. The molecule has 1 aromatic carbocycles. The van der Waals surface area contributed by atoms with Crippen molar-refractivity contribution < 1.29 is 19.1 Å². The van der Waals surface area contributed by atoms with E-state index in [0.29, 0.717) is 5.56 Å². The van der Waals surface area contributed by atoms with Crippen LogP contribution in [0.1, 0.15) is 18.4 Å². The summed E-state index contributed by atoms with van der Waals surface area (Å²) in [6.45, 7) is 0. The van der Waals surface area contributed by atoms with Crippen molar-refractivity contribution in [2.24, 2.45) is 0 Å². The van der Waals surface area contributed by atoms with Crippen molar-refractivity contribution in [3.05, 3.63) is 35.6 Å². The Hall–Kier alpha value is -1.71. The van der Waals surface area contributed by atoms with E-state index < -0.39 is 12.4 Å². The maximum atomic E-state index is 13.1. The molecule has 0 radical (unpaired) electrons. The lowest BCUT2D eigenvalue weighted by Crippen LogP contribution is -2.07. The summed E-state index contributed by atoms with van der Waals surface area (Å²) in [6, 6.07) is 6.15. The van der Waals surface area contributed by atoms with Gasteiger partial charge in [0.2, 0.25) is 0 Å². The Morgan fingerprint density at radius 1 is 1.27 bits per heavy atom. The van der Waals surface area contributed by atoms with Crippen LogP contribution < -0.4 is 0 Å². The summed E-state index contributed by atoms with van der Waals surface area (Å²) in [7, 11) is 0. The number of rotatable bonds is 5. The van der Waals surface area contributed by atoms with Crippen molar-refractivity contribution >= 4 is 11.8 Å². The summed E-state index contributed by atoms with van der Waals surface area (Å²) in [5.41, 5.74) is 0.441. The molecular weight excluding hydrogens is 199 g/mol. The van der Waals surface area contributed by atoms with Gasteiger partial charge in [0, 0.05) is 6.42 Å². The summed E-state index contributed by atoms with van der Waals surface area (Å²) in [6.07, 6.45) is -0.180. The fraction of sp³-hybridized carbons (Fsp3) is 0.273. The average molecular weight is 210 g/mol. The number of benzene rings is 1. The molecule has 15 heavy (non-hydrogen) atoms. The largest absolute Gasteiger partial charge is 0.481 e. The van der Waals surface area contributed by atoms with Gasteiger partial charge in [0.1, 0.15) is 18.0 Å². The summed E-state index contributed by atoms with van der Waals surface area (Å²) < 4.78 is 13.1. The van der Waals surface area contributed by atoms with Gasteiger partial charge >= 0.3 is 5.97 Å². The van der Waals surface area contributed by atoms with E-state index >= 15 is 0 Å². The Morgan fingerprint density at radius 3 is 2.53 bits per heavy atom. The van der Waals surface area contributed by atoms with Gasteiger partial charge in [-0.3, -0.25) is 9.59 Å². The molecule has 1 aromatic rings. The Kier molecular flexibility index (Phi) is 3.97. The highest BCUT2D eigenvalue weighted by molar-refractivity contribution is 5.94. The van der Waals surface area contributed by atoms with E-state index in [-0.39, 0.29) is 24.4 Å². The lowest BCUT2D eigenvalue weighted by Gasteiger charge is -2.01. The van der Waals surface area contributed by atoms with Crippen molar-refractivity contribution in [3.63, 3.8) is 0 Å². The molecule has 0 bridgehead atoms. The number of ketones is 1. The Morgan fingerprint density at radius 2 is 1.93 bits per heavy atom. The summed E-state index contributed by atoms with van der Waals surface area (Å²) >= 11 is 0. The molecule has 0 atom stereocenters. The molecule has 1 N–H and O–H groups in total. The first kappa shape index (κ1) is 11.4. The molecular formula is C11H11FO3. The fourth-order valence-electron chi connectivity index (χ4n) is 1.23. The smallest absolute Gasteiger partial charge is 0.310 e. The Labute approximate surface area is 86.5 Å². The molecule has 4 heteroatoms. The van der Waals surface area contributed by atoms with E-state index in [1.807, 2.05) is 0 Å². The molecule has 0 amide bonds. The molecule has 0 aliphatic carbocycles. The average Bonchev–Trinajstić information content (AvgIpc) is 2.15. The van der Waals surface area contributed by atoms with Crippen molar-refractivity contribution in [3.8, 4) is 0 Å². The number of hydrogen-bond acceptors (Lipinski definition) is 2. The molecule has 0 spiro atoms. The van der Waals surface area contributed by atoms with Crippen LogP contribution in [0.15, 0.2) is 24.3 Å². The number of carboxylic acid groups (broad SMARTS) is 1. The predicted molar refractivity (Wildman–Crippen MR) is 52.0 cm³/mol. The number of carbonyl (C=O) groups is 2. The highest BCUT2D eigenvalue weighted by Gasteiger charge is 2.09. The van der Waals surface area contributed by atoms with Gasteiger partial charge in [-0.2, -0.15) is 0 Å². The normalized spacial score (nSPS) is 9.93. The van der Waals surface area contributed by atoms with Crippen LogP contribution in [0.25, 0.3) is 0 Å². The molecule has 0 heterocycles. The van der Waals surface area contributed by atoms with Gasteiger partial charge in [0.15, 0.2) is 0 Å². The van der Waals surface area contributed by atoms with Crippen LogP contribution >= 0.6 is 0 Å². The van der Waals surface area contributed by atoms with Crippen LogP contribution in [0.3, 0.4) is 0 Å². The number of hydrogen-bond donors (Lipinski definition) is 1. The van der Waals surface area contributed by atoms with Gasteiger partial charge < -0.3 is 5.11 Å². The molecule has 0 unspecified atom stereocenters. The van der Waals surface area contributed by atoms with Gasteiger partial charge in [-0.25, -0.2) is 4.39 Å². The molecule has 0 saturated heterocycles. The SMILES string of the molecule is O=C(O)CC(=O)CCc1ccccc1F. The highest BCUT2D eigenvalue weighted by Crippen LogP contribution is 2.09. The zero-order chi connectivity index (χ0) is 11.3. The van der Waals surface area contributed by atoms with E-state index in [1.165, 1.54) is 6.07 Å². The van der Waals surface area contributed by atoms with Crippen molar-refractivity contribution in [1.29, 1.82) is 0 Å². The van der Waals surface area contributed by atoms with E-state index in [4.69, 9.17) is 5.11 Å². The minimum absolute atomic E-state index is 0.0627. The lowest BCUT2D eigenvalue weighted by molar-refractivity contribution is -0.140. The molecule has 80 valence electrons. The first-order valence-corrected chi connectivity index (χ1v) is 4.56.